The molecule has 0 radical (unpaired) electrons. The molecule has 0 saturated carbocycles. The number of halogens is 2. The van der Waals surface area contributed by atoms with Crippen LogP contribution in [-0.2, 0) is 21.3 Å². The molecular weight excluding hydrogens is 500 g/mol. The van der Waals surface area contributed by atoms with Crippen LogP contribution in [0.2, 0.25) is 0 Å². The molecule has 1 fully saturated rings. The third kappa shape index (κ3) is 5.86. The first-order chi connectivity index (χ1) is 17.7. The van der Waals surface area contributed by atoms with Crippen molar-refractivity contribution in [2.45, 2.75) is 50.6 Å². The number of piperidine rings is 1. The number of hydrogen-bond acceptors (Lipinski definition) is 5. The Labute approximate surface area is 215 Å². The van der Waals surface area contributed by atoms with Gasteiger partial charge in [-0.2, -0.15) is 4.31 Å². The number of anilines is 1. The number of hydrogen-bond donors (Lipinski definition) is 2. The second-order valence-electron chi connectivity index (χ2n) is 9.10. The fourth-order valence-corrected chi connectivity index (χ4v) is 6.35. The number of esters is 1. The number of aromatic amines is 1. The molecule has 0 spiro atoms. The highest BCUT2D eigenvalue weighted by molar-refractivity contribution is 7.89. The van der Waals surface area contributed by atoms with E-state index in [1.54, 1.807) is 55.6 Å². The van der Waals surface area contributed by atoms with Crippen molar-refractivity contribution in [1.82, 2.24) is 9.29 Å². The topological polar surface area (TPSA) is 91.5 Å². The lowest BCUT2D eigenvalue weighted by Crippen LogP contribution is -2.42. The van der Waals surface area contributed by atoms with E-state index in [1.807, 2.05) is 19.1 Å². The second-order valence-corrected chi connectivity index (χ2v) is 11.0. The van der Waals surface area contributed by atoms with Crippen LogP contribution in [0.4, 0.5) is 14.5 Å². The molecule has 37 heavy (non-hydrogen) atoms. The van der Waals surface area contributed by atoms with Gasteiger partial charge in [-0.15, -0.1) is 0 Å². The van der Waals surface area contributed by atoms with Gasteiger partial charge < -0.3 is 15.0 Å². The molecule has 0 amide bonds. The Kier molecular flexibility index (Phi) is 8.29. The quantitative estimate of drug-likeness (QED) is 0.355. The largest absolute Gasteiger partial charge is 0.461 e. The van der Waals surface area contributed by atoms with Crippen LogP contribution < -0.4 is 5.32 Å². The van der Waals surface area contributed by atoms with Crippen molar-refractivity contribution < 1.29 is 26.7 Å². The molecule has 10 heteroatoms. The van der Waals surface area contributed by atoms with Crippen LogP contribution in [-0.4, -0.2) is 43.3 Å². The van der Waals surface area contributed by atoms with E-state index in [9.17, 15) is 22.0 Å². The molecule has 0 aliphatic carbocycles. The molecule has 1 aliphatic heterocycles. The summed E-state index contributed by atoms with van der Waals surface area (Å²) in [6.07, 6.45) is -0.821. The zero-order chi connectivity index (χ0) is 26.6. The van der Waals surface area contributed by atoms with Crippen LogP contribution in [0.25, 0.3) is 0 Å². The van der Waals surface area contributed by atoms with E-state index in [0.29, 0.717) is 11.3 Å². The standard InChI is InChI=1S/C27H31F2N3O4S/c1-3-36-27(33)25-23(12-14-30-25)31-17-20-6-4-5-7-22(20)24-16-19(26(28)29)13-15-32(24)37(34,35)21-10-8-18(2)9-11-21/h4-12,14,19,24,26,30-31H,3,13,15-17H2,1-2H3. The SMILES string of the molecule is CCOC(=O)c1[nH]ccc1NCc1ccccc1C1CC(C(F)F)CCN1S(=O)(=O)c1ccc(C)cc1. The van der Waals surface area contributed by atoms with Crippen molar-refractivity contribution in [3.05, 3.63) is 83.2 Å². The van der Waals surface area contributed by atoms with E-state index in [2.05, 4.69) is 10.3 Å². The lowest BCUT2D eigenvalue weighted by Gasteiger charge is -2.39. The number of aryl methyl sites for hydroxylation is 1. The van der Waals surface area contributed by atoms with Crippen molar-refractivity contribution in [2.24, 2.45) is 5.92 Å². The average Bonchev–Trinajstić information content (AvgIpc) is 3.36. The molecule has 2 N–H and O–H groups in total. The van der Waals surface area contributed by atoms with E-state index in [1.165, 1.54) is 4.31 Å². The number of carbonyl (C=O) groups excluding carboxylic acids is 1. The summed E-state index contributed by atoms with van der Waals surface area (Å²) in [6, 6.07) is 14.7. The minimum Gasteiger partial charge on any atom is -0.461 e. The second kappa shape index (κ2) is 11.4. The summed E-state index contributed by atoms with van der Waals surface area (Å²) >= 11 is 0. The van der Waals surface area contributed by atoms with Crippen molar-refractivity contribution in [3.8, 4) is 0 Å². The zero-order valence-corrected chi connectivity index (χ0v) is 21.6. The molecule has 3 aromatic rings. The molecule has 2 atom stereocenters. The molecule has 1 aromatic heterocycles. The maximum absolute atomic E-state index is 13.8. The summed E-state index contributed by atoms with van der Waals surface area (Å²) in [5, 5.41) is 3.21. The number of carbonyl (C=O) groups is 1. The summed E-state index contributed by atoms with van der Waals surface area (Å²) in [5.41, 5.74) is 3.15. The number of alkyl halides is 2. The number of nitrogens with zero attached hydrogens (tertiary/aromatic N) is 1. The Balaban J connectivity index is 1.66. The number of nitrogens with one attached hydrogen (secondary N) is 2. The summed E-state index contributed by atoms with van der Waals surface area (Å²) in [7, 11) is -3.92. The van der Waals surface area contributed by atoms with Crippen LogP contribution in [0.5, 0.6) is 0 Å². The van der Waals surface area contributed by atoms with Gasteiger partial charge in [-0.25, -0.2) is 22.0 Å². The van der Waals surface area contributed by atoms with Crippen LogP contribution in [0.3, 0.4) is 0 Å². The minimum atomic E-state index is -3.92. The first kappa shape index (κ1) is 26.8. The van der Waals surface area contributed by atoms with E-state index in [-0.39, 0.29) is 43.1 Å². The summed E-state index contributed by atoms with van der Waals surface area (Å²) in [4.78, 5) is 15.2. The smallest absolute Gasteiger partial charge is 0.356 e. The van der Waals surface area contributed by atoms with Gasteiger partial charge in [0.25, 0.3) is 0 Å². The number of rotatable bonds is 9. The highest BCUT2D eigenvalue weighted by Crippen LogP contribution is 2.41. The number of ether oxygens (including phenoxy) is 1. The van der Waals surface area contributed by atoms with Crippen molar-refractivity contribution in [2.75, 3.05) is 18.5 Å². The third-order valence-electron chi connectivity index (χ3n) is 6.69. The predicted molar refractivity (Wildman–Crippen MR) is 137 cm³/mol. The molecular formula is C27H31F2N3O4S. The number of benzene rings is 2. The van der Waals surface area contributed by atoms with Crippen molar-refractivity contribution in [3.63, 3.8) is 0 Å². The molecule has 7 nitrogen and oxygen atoms in total. The van der Waals surface area contributed by atoms with Crippen molar-refractivity contribution >= 4 is 21.7 Å². The fraction of sp³-hybridized carbons (Fsp3) is 0.370. The minimum absolute atomic E-state index is 0.00244. The molecule has 2 aromatic carbocycles. The van der Waals surface area contributed by atoms with Crippen molar-refractivity contribution in [1.29, 1.82) is 0 Å². The molecule has 2 heterocycles. The van der Waals surface area contributed by atoms with Gasteiger partial charge in [0.1, 0.15) is 5.69 Å². The van der Waals surface area contributed by atoms with E-state index >= 15 is 0 Å². The third-order valence-corrected chi connectivity index (χ3v) is 8.61. The predicted octanol–water partition coefficient (Wildman–Crippen LogP) is 5.52. The lowest BCUT2D eigenvalue weighted by molar-refractivity contribution is 0.0323. The summed E-state index contributed by atoms with van der Waals surface area (Å²) < 4.78 is 61.3. The Bertz CT molecular complexity index is 1330. The van der Waals surface area contributed by atoms with Gasteiger partial charge in [0.05, 0.1) is 23.2 Å². The monoisotopic (exact) mass is 531 g/mol. The van der Waals surface area contributed by atoms with Crippen LogP contribution in [0.1, 0.15) is 53.0 Å². The van der Waals surface area contributed by atoms with Gasteiger partial charge in [-0.3, -0.25) is 0 Å². The maximum atomic E-state index is 13.8. The average molecular weight is 532 g/mol. The van der Waals surface area contributed by atoms with E-state index in [0.717, 1.165) is 11.1 Å². The van der Waals surface area contributed by atoms with Gasteiger partial charge in [-0.05, 0) is 56.0 Å². The molecule has 2 unspecified atom stereocenters. The zero-order valence-electron chi connectivity index (χ0n) is 20.8. The highest BCUT2D eigenvalue weighted by atomic mass is 32.2. The van der Waals surface area contributed by atoms with Gasteiger partial charge in [0.2, 0.25) is 16.4 Å². The first-order valence-electron chi connectivity index (χ1n) is 12.2. The van der Waals surface area contributed by atoms with Gasteiger partial charge in [0.15, 0.2) is 0 Å². The number of H-pyrrole nitrogens is 1. The Morgan fingerprint density at radius 3 is 2.59 bits per heavy atom. The number of sulfonamides is 1. The van der Waals surface area contributed by atoms with Gasteiger partial charge in [0, 0.05) is 25.2 Å². The molecule has 4 rings (SSSR count). The molecule has 1 saturated heterocycles. The molecule has 1 aliphatic rings. The first-order valence-corrected chi connectivity index (χ1v) is 13.7. The Morgan fingerprint density at radius 1 is 1.16 bits per heavy atom. The fourth-order valence-electron chi connectivity index (χ4n) is 4.71. The maximum Gasteiger partial charge on any atom is 0.356 e. The summed E-state index contributed by atoms with van der Waals surface area (Å²) in [6.45, 7) is 4.08. The van der Waals surface area contributed by atoms with Crippen LogP contribution >= 0.6 is 0 Å². The van der Waals surface area contributed by atoms with E-state index < -0.39 is 34.4 Å². The van der Waals surface area contributed by atoms with Crippen LogP contribution in [0, 0.1) is 12.8 Å². The summed E-state index contributed by atoms with van der Waals surface area (Å²) in [5.74, 6) is -1.40. The normalized spacial score (nSPS) is 18.6. The Hall–Kier alpha value is -3.24. The molecule has 0 bridgehead atoms. The Morgan fingerprint density at radius 2 is 1.89 bits per heavy atom. The molecule has 198 valence electrons. The van der Waals surface area contributed by atoms with Crippen LogP contribution in [0.15, 0.2) is 65.7 Å². The number of aromatic nitrogens is 1. The lowest BCUT2D eigenvalue weighted by atomic mass is 9.87. The van der Waals surface area contributed by atoms with Gasteiger partial charge in [-0.1, -0.05) is 42.0 Å². The van der Waals surface area contributed by atoms with E-state index in [4.69, 9.17) is 4.74 Å². The highest BCUT2D eigenvalue weighted by Gasteiger charge is 2.41. The van der Waals surface area contributed by atoms with Gasteiger partial charge >= 0.3 is 5.97 Å².